The van der Waals surface area contributed by atoms with Gasteiger partial charge in [-0.15, -0.1) is 0 Å². The van der Waals surface area contributed by atoms with Crippen LogP contribution in [0.4, 0.5) is 0 Å². The van der Waals surface area contributed by atoms with E-state index in [9.17, 15) is 4.79 Å². The number of likely N-dealkylation sites (tertiary alicyclic amines) is 1. The molecule has 0 radical (unpaired) electrons. The van der Waals surface area contributed by atoms with Gasteiger partial charge >= 0.3 is 0 Å². The molecule has 2 fully saturated rings. The Balaban J connectivity index is 1.52. The number of hydrogen-bond donors (Lipinski definition) is 1. The fraction of sp³-hybridized carbons (Fsp3) is 0.611. The average molecular weight is 286 g/mol. The van der Waals surface area contributed by atoms with E-state index in [4.69, 9.17) is 5.73 Å². The van der Waals surface area contributed by atoms with Crippen molar-refractivity contribution in [2.75, 3.05) is 13.1 Å². The lowest BCUT2D eigenvalue weighted by atomic mass is 9.88. The molecular weight excluding hydrogens is 260 g/mol. The minimum atomic E-state index is -0.215. The standard InChI is InChI=1S/C18H26N2O/c19-18(10-4-5-11-18)14-17(21)20-12-8-16(9-13-20)15-6-2-1-3-7-15/h1-3,6-7,16H,4-5,8-14,19H2. The first-order valence-electron chi connectivity index (χ1n) is 8.28. The maximum Gasteiger partial charge on any atom is 0.224 e. The highest BCUT2D eigenvalue weighted by atomic mass is 16.2. The quantitative estimate of drug-likeness (QED) is 0.928. The number of carbonyl (C=O) groups excluding carboxylic acids is 1. The summed E-state index contributed by atoms with van der Waals surface area (Å²) in [5.41, 5.74) is 7.54. The first-order chi connectivity index (χ1) is 10.2. The number of amides is 1. The van der Waals surface area contributed by atoms with Gasteiger partial charge < -0.3 is 10.6 Å². The van der Waals surface area contributed by atoms with Crippen molar-refractivity contribution in [1.82, 2.24) is 4.90 Å². The fourth-order valence-corrected chi connectivity index (χ4v) is 3.86. The van der Waals surface area contributed by atoms with E-state index in [1.165, 1.54) is 18.4 Å². The van der Waals surface area contributed by atoms with Gasteiger partial charge in [-0.3, -0.25) is 4.79 Å². The molecule has 0 bridgehead atoms. The van der Waals surface area contributed by atoms with Gasteiger partial charge in [-0.2, -0.15) is 0 Å². The molecule has 0 spiro atoms. The number of rotatable bonds is 3. The number of nitrogens with zero attached hydrogens (tertiary/aromatic N) is 1. The van der Waals surface area contributed by atoms with E-state index in [-0.39, 0.29) is 11.4 Å². The Kier molecular flexibility index (Phi) is 4.29. The second kappa shape index (κ2) is 6.18. The zero-order valence-corrected chi connectivity index (χ0v) is 12.8. The molecule has 1 aromatic rings. The summed E-state index contributed by atoms with van der Waals surface area (Å²) in [5.74, 6) is 0.875. The Morgan fingerprint density at radius 1 is 1.14 bits per heavy atom. The molecular formula is C18H26N2O. The van der Waals surface area contributed by atoms with Crippen LogP contribution in [0.3, 0.4) is 0 Å². The van der Waals surface area contributed by atoms with Gasteiger partial charge in [0.1, 0.15) is 0 Å². The minimum Gasteiger partial charge on any atom is -0.343 e. The maximum atomic E-state index is 12.4. The van der Waals surface area contributed by atoms with Gasteiger partial charge in [0.2, 0.25) is 5.91 Å². The number of nitrogens with two attached hydrogens (primary N) is 1. The van der Waals surface area contributed by atoms with Crippen LogP contribution in [0.25, 0.3) is 0 Å². The van der Waals surface area contributed by atoms with Crippen LogP contribution in [0.1, 0.15) is 56.4 Å². The second-order valence-corrected chi connectivity index (χ2v) is 6.81. The van der Waals surface area contributed by atoms with Crippen molar-refractivity contribution in [2.45, 2.75) is 56.4 Å². The maximum absolute atomic E-state index is 12.4. The highest BCUT2D eigenvalue weighted by Crippen LogP contribution is 2.32. The van der Waals surface area contributed by atoms with Crippen LogP contribution < -0.4 is 5.73 Å². The molecule has 1 amide bonds. The largest absolute Gasteiger partial charge is 0.343 e. The van der Waals surface area contributed by atoms with E-state index in [0.717, 1.165) is 38.8 Å². The zero-order valence-electron chi connectivity index (χ0n) is 12.8. The third kappa shape index (κ3) is 3.46. The zero-order chi connectivity index (χ0) is 14.7. The fourth-order valence-electron chi connectivity index (χ4n) is 3.86. The summed E-state index contributed by atoms with van der Waals surface area (Å²) in [6, 6.07) is 10.7. The lowest BCUT2D eigenvalue weighted by molar-refractivity contribution is -0.133. The van der Waals surface area contributed by atoms with Gasteiger partial charge in [0.15, 0.2) is 0 Å². The summed E-state index contributed by atoms with van der Waals surface area (Å²) in [7, 11) is 0. The molecule has 3 heteroatoms. The van der Waals surface area contributed by atoms with E-state index in [2.05, 4.69) is 30.3 Å². The number of hydrogen-bond acceptors (Lipinski definition) is 2. The second-order valence-electron chi connectivity index (χ2n) is 6.81. The molecule has 1 saturated heterocycles. The molecule has 0 aromatic heterocycles. The van der Waals surface area contributed by atoms with E-state index < -0.39 is 0 Å². The van der Waals surface area contributed by atoms with Gasteiger partial charge in [-0.1, -0.05) is 43.2 Å². The Morgan fingerprint density at radius 2 is 1.76 bits per heavy atom. The monoisotopic (exact) mass is 286 g/mol. The van der Waals surface area contributed by atoms with Crippen LogP contribution in [0, 0.1) is 0 Å². The van der Waals surface area contributed by atoms with Crippen LogP contribution >= 0.6 is 0 Å². The molecule has 1 aliphatic carbocycles. The Morgan fingerprint density at radius 3 is 2.38 bits per heavy atom. The van der Waals surface area contributed by atoms with Gasteiger partial charge in [-0.25, -0.2) is 0 Å². The van der Waals surface area contributed by atoms with Crippen molar-refractivity contribution in [3.63, 3.8) is 0 Å². The van der Waals surface area contributed by atoms with Crippen LogP contribution in [0.15, 0.2) is 30.3 Å². The summed E-state index contributed by atoms with van der Waals surface area (Å²) < 4.78 is 0. The highest BCUT2D eigenvalue weighted by molar-refractivity contribution is 5.77. The molecule has 1 aliphatic heterocycles. The van der Waals surface area contributed by atoms with E-state index >= 15 is 0 Å². The number of carbonyl (C=O) groups is 1. The normalized spacial score (nSPS) is 22.4. The molecule has 1 saturated carbocycles. The molecule has 3 nitrogen and oxygen atoms in total. The van der Waals surface area contributed by atoms with Gasteiger partial charge in [-0.05, 0) is 37.2 Å². The first kappa shape index (κ1) is 14.6. The minimum absolute atomic E-state index is 0.215. The lowest BCUT2D eigenvalue weighted by Gasteiger charge is -2.34. The summed E-state index contributed by atoms with van der Waals surface area (Å²) >= 11 is 0. The summed E-state index contributed by atoms with van der Waals surface area (Å²) in [5, 5.41) is 0. The Hall–Kier alpha value is -1.35. The van der Waals surface area contributed by atoms with Crippen LogP contribution in [-0.4, -0.2) is 29.4 Å². The number of benzene rings is 1. The molecule has 0 atom stereocenters. The highest BCUT2D eigenvalue weighted by Gasteiger charge is 2.34. The molecule has 1 aromatic carbocycles. The topological polar surface area (TPSA) is 46.3 Å². The van der Waals surface area contributed by atoms with Gasteiger partial charge in [0.05, 0.1) is 0 Å². The van der Waals surface area contributed by atoms with Crippen molar-refractivity contribution in [2.24, 2.45) is 5.73 Å². The lowest BCUT2D eigenvalue weighted by Crippen LogP contribution is -2.45. The Labute approximate surface area is 127 Å². The van der Waals surface area contributed by atoms with Crippen molar-refractivity contribution in [3.8, 4) is 0 Å². The molecule has 2 aliphatic rings. The summed E-state index contributed by atoms with van der Waals surface area (Å²) in [6.45, 7) is 1.77. The Bertz CT molecular complexity index is 471. The van der Waals surface area contributed by atoms with Crippen molar-refractivity contribution in [3.05, 3.63) is 35.9 Å². The summed E-state index contributed by atoms with van der Waals surface area (Å²) in [6.07, 6.45) is 7.09. The molecule has 2 N–H and O–H groups in total. The van der Waals surface area contributed by atoms with Gasteiger partial charge in [0, 0.05) is 25.0 Å². The molecule has 114 valence electrons. The molecule has 3 rings (SSSR count). The van der Waals surface area contributed by atoms with Crippen LogP contribution in [0.2, 0.25) is 0 Å². The predicted octanol–water partition coefficient (Wildman–Crippen LogP) is 3.05. The molecule has 1 heterocycles. The SMILES string of the molecule is NC1(CC(=O)N2CCC(c3ccccc3)CC2)CCCC1. The smallest absolute Gasteiger partial charge is 0.224 e. The third-order valence-electron chi connectivity index (χ3n) is 5.22. The predicted molar refractivity (Wildman–Crippen MR) is 85.0 cm³/mol. The van der Waals surface area contributed by atoms with Crippen LogP contribution in [-0.2, 0) is 4.79 Å². The van der Waals surface area contributed by atoms with E-state index in [1.54, 1.807) is 0 Å². The van der Waals surface area contributed by atoms with E-state index in [0.29, 0.717) is 12.3 Å². The molecule has 21 heavy (non-hydrogen) atoms. The van der Waals surface area contributed by atoms with Gasteiger partial charge in [0.25, 0.3) is 0 Å². The average Bonchev–Trinajstić information content (AvgIpc) is 2.94. The van der Waals surface area contributed by atoms with Crippen molar-refractivity contribution < 1.29 is 4.79 Å². The third-order valence-corrected chi connectivity index (χ3v) is 5.22. The number of piperidine rings is 1. The summed E-state index contributed by atoms with van der Waals surface area (Å²) in [4.78, 5) is 14.5. The van der Waals surface area contributed by atoms with Crippen molar-refractivity contribution in [1.29, 1.82) is 0 Å². The van der Waals surface area contributed by atoms with E-state index in [1.807, 2.05) is 4.90 Å². The first-order valence-corrected chi connectivity index (χ1v) is 8.28. The van der Waals surface area contributed by atoms with Crippen molar-refractivity contribution >= 4 is 5.91 Å². The van der Waals surface area contributed by atoms with Crippen LogP contribution in [0.5, 0.6) is 0 Å². The molecule has 0 unspecified atom stereocenters.